The average molecular weight is 404 g/mol. The second-order valence-electron chi connectivity index (χ2n) is 9.04. The average Bonchev–Trinajstić information content (AvgIpc) is 2.94. The lowest BCUT2D eigenvalue weighted by Crippen LogP contribution is -2.61. The van der Waals surface area contributed by atoms with Gasteiger partial charge < -0.3 is 9.16 Å². The molecule has 3 rings (SSSR count). The summed E-state index contributed by atoms with van der Waals surface area (Å²) in [7, 11) is -2.25. The first-order valence-electron chi connectivity index (χ1n) is 9.57. The summed E-state index contributed by atoms with van der Waals surface area (Å²) in [6.45, 7) is 10.8. The lowest BCUT2D eigenvalue weighted by molar-refractivity contribution is -0.150. The minimum atomic E-state index is -2.25. The third-order valence-electron chi connectivity index (χ3n) is 5.88. The summed E-state index contributed by atoms with van der Waals surface area (Å²) in [6.07, 6.45) is 1.68. The maximum Gasteiger partial charge on any atom is 0.308 e. The number of nitrogens with one attached hydrogen (secondary N) is 1. The lowest BCUT2D eigenvalue weighted by Gasteiger charge is -2.43. The highest BCUT2D eigenvalue weighted by molar-refractivity contribution is 6.74. The number of esters is 1. The SMILES string of the molecule is CC(C)(C)[Si](C)(C)O[C@@H]1C(=O)C=C[C@]2(NOCc3ccccc3)CC(=O)O[C@H]12. The Hall–Kier alpha value is -1.80. The predicted octanol–water partition coefficient (Wildman–Crippen LogP) is 3.29. The fourth-order valence-corrected chi connectivity index (χ4v) is 4.39. The highest BCUT2D eigenvalue weighted by Gasteiger charge is 2.57. The van der Waals surface area contributed by atoms with E-state index in [0.717, 1.165) is 5.56 Å². The van der Waals surface area contributed by atoms with Crippen LogP contribution < -0.4 is 5.48 Å². The van der Waals surface area contributed by atoms with Crippen molar-refractivity contribution in [1.82, 2.24) is 5.48 Å². The number of hydroxylamine groups is 1. The molecule has 1 aliphatic heterocycles. The molecule has 1 heterocycles. The fraction of sp³-hybridized carbons (Fsp3) is 0.524. The highest BCUT2D eigenvalue weighted by atomic mass is 28.4. The smallest absolute Gasteiger partial charge is 0.308 e. The summed E-state index contributed by atoms with van der Waals surface area (Å²) >= 11 is 0. The van der Waals surface area contributed by atoms with Crippen molar-refractivity contribution in [3.63, 3.8) is 0 Å². The van der Waals surface area contributed by atoms with Gasteiger partial charge in [-0.25, -0.2) is 0 Å². The second-order valence-corrected chi connectivity index (χ2v) is 13.8. The number of ether oxygens (including phenoxy) is 1. The van der Waals surface area contributed by atoms with Crippen LogP contribution in [0.3, 0.4) is 0 Å². The van der Waals surface area contributed by atoms with Gasteiger partial charge in [0.2, 0.25) is 0 Å². The second kappa shape index (κ2) is 7.55. The van der Waals surface area contributed by atoms with Crippen LogP contribution in [0, 0.1) is 0 Å². The van der Waals surface area contributed by atoms with Crippen molar-refractivity contribution in [3.8, 4) is 0 Å². The molecule has 1 aromatic rings. The van der Waals surface area contributed by atoms with Crippen molar-refractivity contribution < 1.29 is 23.6 Å². The van der Waals surface area contributed by atoms with E-state index in [0.29, 0.717) is 6.61 Å². The van der Waals surface area contributed by atoms with Crippen LogP contribution in [0.15, 0.2) is 42.5 Å². The standard InChI is InChI=1S/C21H29NO5Si/c1-20(2,3)28(4,5)27-18-16(23)11-12-21(13-17(24)26-19(18)21)22-25-14-15-9-7-6-8-10-15/h6-12,18-19,22H,13-14H2,1-5H3/t18-,19-,21+/m1/s1. The molecule has 0 amide bonds. The van der Waals surface area contributed by atoms with E-state index in [4.69, 9.17) is 14.0 Å². The molecule has 0 radical (unpaired) electrons. The zero-order chi connectivity index (χ0) is 20.6. The van der Waals surface area contributed by atoms with Crippen molar-refractivity contribution in [3.05, 3.63) is 48.0 Å². The zero-order valence-corrected chi connectivity index (χ0v) is 18.2. The molecule has 0 aromatic heterocycles. The molecule has 152 valence electrons. The zero-order valence-electron chi connectivity index (χ0n) is 17.2. The molecule has 1 N–H and O–H groups in total. The molecule has 28 heavy (non-hydrogen) atoms. The first kappa shape index (κ1) is 20.9. The van der Waals surface area contributed by atoms with E-state index in [9.17, 15) is 9.59 Å². The molecule has 1 fully saturated rings. The molecule has 6 nitrogen and oxygen atoms in total. The van der Waals surface area contributed by atoms with Gasteiger partial charge in [-0.1, -0.05) is 57.2 Å². The van der Waals surface area contributed by atoms with Crippen LogP contribution in [0.2, 0.25) is 18.1 Å². The minimum Gasteiger partial charge on any atom is -0.457 e. The summed E-state index contributed by atoms with van der Waals surface area (Å²) in [5, 5.41) is -0.0725. The van der Waals surface area contributed by atoms with Crippen LogP contribution in [0.25, 0.3) is 0 Å². The van der Waals surface area contributed by atoms with Gasteiger partial charge in [-0.3, -0.25) is 14.4 Å². The van der Waals surface area contributed by atoms with Gasteiger partial charge >= 0.3 is 5.97 Å². The summed E-state index contributed by atoms with van der Waals surface area (Å²) in [6, 6.07) is 9.72. The Labute approximate surface area is 167 Å². The van der Waals surface area contributed by atoms with Gasteiger partial charge in [-0.15, -0.1) is 0 Å². The third-order valence-corrected chi connectivity index (χ3v) is 10.3. The van der Waals surface area contributed by atoms with Gasteiger partial charge in [0.25, 0.3) is 0 Å². The van der Waals surface area contributed by atoms with Crippen molar-refractivity contribution in [2.75, 3.05) is 0 Å². The number of ketones is 1. The maximum atomic E-state index is 12.6. The van der Waals surface area contributed by atoms with E-state index >= 15 is 0 Å². The molecule has 1 aromatic carbocycles. The van der Waals surface area contributed by atoms with Crippen LogP contribution in [0.4, 0.5) is 0 Å². The van der Waals surface area contributed by atoms with Gasteiger partial charge in [-0.2, -0.15) is 5.48 Å². The van der Waals surface area contributed by atoms with E-state index < -0.39 is 26.1 Å². The third kappa shape index (κ3) is 4.12. The molecule has 1 aliphatic carbocycles. The van der Waals surface area contributed by atoms with Gasteiger partial charge in [-0.05, 0) is 29.8 Å². The van der Waals surface area contributed by atoms with E-state index in [-0.39, 0.29) is 23.2 Å². The van der Waals surface area contributed by atoms with Crippen molar-refractivity contribution >= 4 is 20.1 Å². The molecule has 3 atom stereocenters. The van der Waals surface area contributed by atoms with Crippen molar-refractivity contribution in [1.29, 1.82) is 0 Å². The summed E-state index contributed by atoms with van der Waals surface area (Å²) in [4.78, 5) is 30.5. The highest BCUT2D eigenvalue weighted by Crippen LogP contribution is 2.41. The van der Waals surface area contributed by atoms with E-state index in [1.807, 2.05) is 30.3 Å². The molecule has 2 aliphatic rings. The Morgan fingerprint density at radius 2 is 1.89 bits per heavy atom. The van der Waals surface area contributed by atoms with Crippen LogP contribution in [0.5, 0.6) is 0 Å². The Balaban J connectivity index is 1.79. The Morgan fingerprint density at radius 3 is 2.54 bits per heavy atom. The van der Waals surface area contributed by atoms with Crippen LogP contribution in [0.1, 0.15) is 32.8 Å². The van der Waals surface area contributed by atoms with Crippen molar-refractivity contribution in [2.24, 2.45) is 0 Å². The lowest BCUT2D eigenvalue weighted by atomic mass is 9.82. The predicted molar refractivity (Wildman–Crippen MR) is 108 cm³/mol. The number of hydrogen-bond acceptors (Lipinski definition) is 6. The molecule has 0 spiro atoms. The molecule has 0 unspecified atom stereocenters. The molecule has 0 bridgehead atoms. The monoisotopic (exact) mass is 403 g/mol. The molecule has 7 heteroatoms. The Morgan fingerprint density at radius 1 is 1.21 bits per heavy atom. The first-order chi connectivity index (χ1) is 13.0. The van der Waals surface area contributed by atoms with Gasteiger partial charge in [0.1, 0.15) is 11.6 Å². The van der Waals surface area contributed by atoms with Crippen LogP contribution in [-0.4, -0.2) is 37.8 Å². The van der Waals surface area contributed by atoms with E-state index in [1.54, 1.807) is 6.08 Å². The molecular formula is C21H29NO5Si. The van der Waals surface area contributed by atoms with E-state index in [1.165, 1.54) is 6.08 Å². The normalized spacial score (nSPS) is 27.6. The van der Waals surface area contributed by atoms with Gasteiger partial charge in [0.15, 0.2) is 20.2 Å². The number of fused-ring (bicyclic) bond motifs is 1. The Bertz CT molecular complexity index is 771. The minimum absolute atomic E-state index is 0.0725. The van der Waals surface area contributed by atoms with Crippen molar-refractivity contribution in [2.45, 2.75) is 69.7 Å². The van der Waals surface area contributed by atoms with Crippen LogP contribution >= 0.6 is 0 Å². The molecular weight excluding hydrogens is 374 g/mol. The fourth-order valence-electron chi connectivity index (χ4n) is 3.16. The number of carbonyl (C=O) groups is 2. The Kier molecular flexibility index (Phi) is 5.64. The first-order valence-corrected chi connectivity index (χ1v) is 12.5. The number of rotatable bonds is 6. The summed E-state index contributed by atoms with van der Waals surface area (Å²) < 4.78 is 11.9. The summed E-state index contributed by atoms with van der Waals surface area (Å²) in [5.74, 6) is -0.547. The number of benzene rings is 1. The number of hydrogen-bond donors (Lipinski definition) is 1. The summed E-state index contributed by atoms with van der Waals surface area (Å²) in [5.41, 5.74) is 3.09. The molecule has 0 saturated carbocycles. The van der Waals surface area contributed by atoms with Crippen LogP contribution in [-0.2, 0) is 30.2 Å². The van der Waals surface area contributed by atoms with E-state index in [2.05, 4.69) is 39.3 Å². The topological polar surface area (TPSA) is 73.9 Å². The van der Waals surface area contributed by atoms with Gasteiger partial charge in [0, 0.05) is 0 Å². The number of carbonyl (C=O) groups excluding carboxylic acids is 2. The quantitative estimate of drug-likeness (QED) is 0.446. The molecule has 1 saturated heterocycles. The maximum absolute atomic E-state index is 12.6. The van der Waals surface area contributed by atoms with Gasteiger partial charge in [0.05, 0.1) is 13.0 Å². The largest absolute Gasteiger partial charge is 0.457 e.